The van der Waals surface area contributed by atoms with Gasteiger partial charge in [0.15, 0.2) is 0 Å². The van der Waals surface area contributed by atoms with E-state index in [2.05, 4.69) is 24.0 Å². The normalized spacial score (nSPS) is 20.0. The Kier molecular flexibility index (Phi) is 5.49. The summed E-state index contributed by atoms with van der Waals surface area (Å²) < 4.78 is 5.88. The van der Waals surface area contributed by atoms with Gasteiger partial charge < -0.3 is 15.0 Å². The van der Waals surface area contributed by atoms with E-state index in [4.69, 9.17) is 4.74 Å². The third kappa shape index (κ3) is 3.70. The number of piperidine rings is 1. The summed E-state index contributed by atoms with van der Waals surface area (Å²) in [7, 11) is 0. The van der Waals surface area contributed by atoms with Gasteiger partial charge in [-0.05, 0) is 35.6 Å². The van der Waals surface area contributed by atoms with E-state index >= 15 is 0 Å². The minimum atomic E-state index is -0.642. The maximum Gasteiger partial charge on any atom is 0.245 e. The average Bonchev–Trinajstić information content (AvgIpc) is 3.20. The second-order valence-electron chi connectivity index (χ2n) is 7.69. The van der Waals surface area contributed by atoms with Crippen LogP contribution in [-0.2, 0) is 26.3 Å². The first-order valence-corrected chi connectivity index (χ1v) is 10.1. The SMILES string of the molecule is C=CC(=O)N1CCC(C(=O)NCC2OCc3ccccc32)(c2ccccc2)CC1. The van der Waals surface area contributed by atoms with E-state index in [0.29, 0.717) is 39.1 Å². The van der Waals surface area contributed by atoms with Crippen LogP contribution in [0.15, 0.2) is 67.3 Å². The van der Waals surface area contributed by atoms with Gasteiger partial charge in [0.1, 0.15) is 6.10 Å². The molecule has 2 aliphatic heterocycles. The predicted octanol–water partition coefficient (Wildman–Crippen LogP) is 3.12. The topological polar surface area (TPSA) is 58.6 Å². The summed E-state index contributed by atoms with van der Waals surface area (Å²) in [4.78, 5) is 27.2. The molecule has 150 valence electrons. The molecule has 2 heterocycles. The first-order chi connectivity index (χ1) is 14.1. The summed E-state index contributed by atoms with van der Waals surface area (Å²) in [6.07, 6.45) is 2.39. The van der Waals surface area contributed by atoms with Crippen LogP contribution >= 0.6 is 0 Å². The fourth-order valence-electron chi connectivity index (χ4n) is 4.43. The molecule has 1 atom stereocenters. The molecule has 1 N–H and O–H groups in total. The van der Waals surface area contributed by atoms with E-state index in [1.54, 1.807) is 4.90 Å². The molecule has 2 amide bonds. The fourth-order valence-corrected chi connectivity index (χ4v) is 4.43. The van der Waals surface area contributed by atoms with Crippen molar-refractivity contribution >= 4 is 11.8 Å². The predicted molar refractivity (Wildman–Crippen MR) is 111 cm³/mol. The van der Waals surface area contributed by atoms with Gasteiger partial charge in [0.05, 0.1) is 12.0 Å². The molecule has 5 nitrogen and oxygen atoms in total. The van der Waals surface area contributed by atoms with Crippen molar-refractivity contribution in [2.24, 2.45) is 0 Å². The Labute approximate surface area is 171 Å². The van der Waals surface area contributed by atoms with Gasteiger partial charge in [0.25, 0.3) is 0 Å². The number of fused-ring (bicyclic) bond motifs is 1. The van der Waals surface area contributed by atoms with Crippen molar-refractivity contribution in [2.45, 2.75) is 31.0 Å². The van der Waals surface area contributed by atoms with Crippen molar-refractivity contribution in [1.82, 2.24) is 10.2 Å². The molecule has 1 saturated heterocycles. The zero-order valence-corrected chi connectivity index (χ0v) is 16.5. The number of carbonyl (C=O) groups is 2. The molecule has 1 unspecified atom stereocenters. The molecule has 29 heavy (non-hydrogen) atoms. The van der Waals surface area contributed by atoms with Crippen LogP contribution in [0.1, 0.15) is 35.6 Å². The van der Waals surface area contributed by atoms with Gasteiger partial charge in [-0.25, -0.2) is 0 Å². The second-order valence-corrected chi connectivity index (χ2v) is 7.69. The van der Waals surface area contributed by atoms with Crippen LogP contribution in [0.3, 0.4) is 0 Å². The highest BCUT2D eigenvalue weighted by Crippen LogP contribution is 2.37. The zero-order chi connectivity index (χ0) is 20.3. The Morgan fingerprint density at radius 2 is 1.79 bits per heavy atom. The Hall–Kier alpha value is -2.92. The van der Waals surface area contributed by atoms with Crippen LogP contribution in [0.4, 0.5) is 0 Å². The Morgan fingerprint density at radius 3 is 2.52 bits per heavy atom. The first-order valence-electron chi connectivity index (χ1n) is 10.1. The summed E-state index contributed by atoms with van der Waals surface area (Å²) in [5.74, 6) is -0.0783. The lowest BCUT2D eigenvalue weighted by Crippen LogP contribution is -2.53. The molecule has 0 aromatic heterocycles. The molecule has 1 fully saturated rings. The van der Waals surface area contributed by atoms with Crippen LogP contribution in [0.2, 0.25) is 0 Å². The third-order valence-corrected chi connectivity index (χ3v) is 6.15. The molecule has 2 aromatic rings. The van der Waals surface area contributed by atoms with E-state index in [0.717, 1.165) is 11.1 Å². The second kappa shape index (κ2) is 8.21. The van der Waals surface area contributed by atoms with Crippen molar-refractivity contribution in [3.63, 3.8) is 0 Å². The Bertz CT molecular complexity index is 901. The number of rotatable bonds is 5. The molecule has 4 rings (SSSR count). The highest BCUT2D eigenvalue weighted by Gasteiger charge is 2.43. The molecule has 5 heteroatoms. The lowest BCUT2D eigenvalue weighted by Gasteiger charge is -2.41. The maximum absolute atomic E-state index is 13.4. The molecule has 2 aromatic carbocycles. The quantitative estimate of drug-likeness (QED) is 0.798. The minimum Gasteiger partial charge on any atom is -0.367 e. The van der Waals surface area contributed by atoms with E-state index in [-0.39, 0.29) is 17.9 Å². The van der Waals surface area contributed by atoms with Crippen molar-refractivity contribution in [1.29, 1.82) is 0 Å². The molecule has 0 saturated carbocycles. The van der Waals surface area contributed by atoms with E-state index in [9.17, 15) is 9.59 Å². The van der Waals surface area contributed by atoms with E-state index in [1.165, 1.54) is 11.6 Å². The molecule has 0 radical (unpaired) electrons. The van der Waals surface area contributed by atoms with Gasteiger partial charge in [-0.1, -0.05) is 61.2 Å². The summed E-state index contributed by atoms with van der Waals surface area (Å²) >= 11 is 0. The summed E-state index contributed by atoms with van der Waals surface area (Å²) in [6, 6.07) is 18.0. The molecular formula is C24H26N2O3. The Balaban J connectivity index is 1.51. The first kappa shape index (κ1) is 19.4. The van der Waals surface area contributed by atoms with Gasteiger partial charge >= 0.3 is 0 Å². The average molecular weight is 390 g/mol. The largest absolute Gasteiger partial charge is 0.367 e. The molecule has 0 bridgehead atoms. The number of amides is 2. The van der Waals surface area contributed by atoms with Crippen molar-refractivity contribution in [2.75, 3.05) is 19.6 Å². The number of carbonyl (C=O) groups excluding carboxylic acids is 2. The van der Waals surface area contributed by atoms with Gasteiger partial charge in [0.2, 0.25) is 11.8 Å². The number of benzene rings is 2. The molecule has 0 spiro atoms. The lowest BCUT2D eigenvalue weighted by atomic mass is 9.72. The minimum absolute atomic E-state index is 0.00221. The molecular weight excluding hydrogens is 364 g/mol. The van der Waals surface area contributed by atoms with Crippen LogP contribution in [0.5, 0.6) is 0 Å². The number of ether oxygens (including phenoxy) is 1. The molecule has 0 aliphatic carbocycles. The van der Waals surface area contributed by atoms with Gasteiger partial charge in [-0.2, -0.15) is 0 Å². The Morgan fingerprint density at radius 1 is 1.10 bits per heavy atom. The van der Waals surface area contributed by atoms with Gasteiger partial charge in [-0.15, -0.1) is 0 Å². The van der Waals surface area contributed by atoms with Crippen LogP contribution in [-0.4, -0.2) is 36.3 Å². The van der Waals surface area contributed by atoms with Crippen LogP contribution in [0, 0.1) is 0 Å². The number of likely N-dealkylation sites (tertiary alicyclic amines) is 1. The fraction of sp³-hybridized carbons (Fsp3) is 0.333. The monoisotopic (exact) mass is 390 g/mol. The smallest absolute Gasteiger partial charge is 0.245 e. The summed E-state index contributed by atoms with van der Waals surface area (Å²) in [5.41, 5.74) is 2.68. The third-order valence-electron chi connectivity index (χ3n) is 6.15. The van der Waals surface area contributed by atoms with Crippen LogP contribution < -0.4 is 5.32 Å². The number of hydrogen-bond acceptors (Lipinski definition) is 3. The zero-order valence-electron chi connectivity index (χ0n) is 16.5. The van der Waals surface area contributed by atoms with E-state index in [1.807, 2.05) is 42.5 Å². The highest BCUT2D eigenvalue weighted by atomic mass is 16.5. The summed E-state index contributed by atoms with van der Waals surface area (Å²) in [6.45, 7) is 5.67. The van der Waals surface area contributed by atoms with Crippen molar-refractivity contribution in [3.8, 4) is 0 Å². The van der Waals surface area contributed by atoms with Crippen molar-refractivity contribution < 1.29 is 14.3 Å². The van der Waals surface area contributed by atoms with E-state index < -0.39 is 5.41 Å². The lowest BCUT2D eigenvalue weighted by molar-refractivity contribution is -0.134. The highest BCUT2D eigenvalue weighted by molar-refractivity contribution is 5.90. The van der Waals surface area contributed by atoms with Gasteiger partial charge in [-0.3, -0.25) is 9.59 Å². The standard InChI is InChI=1S/C24H26N2O3/c1-2-22(27)26-14-12-24(13-15-26,19-9-4-3-5-10-19)23(28)25-16-21-20-11-7-6-8-18(20)17-29-21/h2-11,21H,1,12-17H2,(H,25,28). The maximum atomic E-state index is 13.4. The molecule has 2 aliphatic rings. The number of nitrogens with zero attached hydrogens (tertiary/aromatic N) is 1. The van der Waals surface area contributed by atoms with Crippen molar-refractivity contribution in [3.05, 3.63) is 83.9 Å². The number of nitrogens with one attached hydrogen (secondary N) is 1. The number of hydrogen-bond donors (Lipinski definition) is 1. The van der Waals surface area contributed by atoms with Crippen LogP contribution in [0.25, 0.3) is 0 Å². The van der Waals surface area contributed by atoms with Gasteiger partial charge in [0, 0.05) is 19.6 Å². The summed E-state index contributed by atoms with van der Waals surface area (Å²) in [5, 5.41) is 3.15.